The van der Waals surface area contributed by atoms with Gasteiger partial charge in [-0.05, 0) is 39.2 Å². The van der Waals surface area contributed by atoms with Gasteiger partial charge in [-0.2, -0.15) is 0 Å². The van der Waals surface area contributed by atoms with E-state index in [1.807, 2.05) is 0 Å². The zero-order chi connectivity index (χ0) is 15.1. The van der Waals surface area contributed by atoms with Crippen molar-refractivity contribution in [2.75, 3.05) is 7.05 Å². The molecule has 0 aromatic heterocycles. The van der Waals surface area contributed by atoms with Crippen LogP contribution < -0.4 is 0 Å². The molecule has 2 saturated heterocycles. The monoisotopic (exact) mass is 295 g/mol. The molecule has 0 spiro atoms. The molecule has 2 fully saturated rings. The quantitative estimate of drug-likeness (QED) is 0.580. The Labute approximate surface area is 132 Å². The van der Waals surface area contributed by atoms with Crippen LogP contribution in [0.2, 0.25) is 0 Å². The molecule has 21 heavy (non-hydrogen) atoms. The van der Waals surface area contributed by atoms with Gasteiger partial charge >= 0.3 is 0 Å². The lowest BCUT2D eigenvalue weighted by atomic mass is 9.82. The van der Waals surface area contributed by atoms with E-state index in [0.29, 0.717) is 12.1 Å². The average molecular weight is 296 g/mol. The summed E-state index contributed by atoms with van der Waals surface area (Å²) < 4.78 is 0. The van der Waals surface area contributed by atoms with Gasteiger partial charge in [-0.15, -0.1) is 0 Å². The van der Waals surface area contributed by atoms with Crippen LogP contribution in [-0.2, 0) is 0 Å². The zero-order valence-electron chi connectivity index (χ0n) is 14.4. The van der Waals surface area contributed by atoms with Gasteiger partial charge in [-0.3, -0.25) is 0 Å². The first kappa shape index (κ1) is 17.3. The van der Waals surface area contributed by atoms with Gasteiger partial charge in [0.2, 0.25) is 0 Å². The minimum absolute atomic E-state index is 0.334. The van der Waals surface area contributed by atoms with Crippen LogP contribution in [0, 0.1) is 0 Å². The summed E-state index contributed by atoms with van der Waals surface area (Å²) >= 11 is 0. The number of hydrogen-bond donors (Lipinski definition) is 1. The molecular weight excluding hydrogens is 258 g/mol. The van der Waals surface area contributed by atoms with Gasteiger partial charge in [0.1, 0.15) is 0 Å². The molecule has 2 unspecified atom stereocenters. The lowest BCUT2D eigenvalue weighted by Gasteiger charge is -2.42. The standard InChI is InChI=1S/C19H37NO/c1-3-4-5-6-7-8-9-10-11-14-19(21)15-17-12-13-18(16-19)20(17)2/h17-18,21H,3-16H2,1-2H3. The van der Waals surface area contributed by atoms with Crippen molar-refractivity contribution in [3.05, 3.63) is 0 Å². The third-order valence-electron chi connectivity index (χ3n) is 5.96. The summed E-state index contributed by atoms with van der Waals surface area (Å²) in [6, 6.07) is 1.32. The fourth-order valence-electron chi connectivity index (χ4n) is 4.51. The zero-order valence-corrected chi connectivity index (χ0v) is 14.4. The lowest BCUT2D eigenvalue weighted by molar-refractivity contribution is -0.0514. The van der Waals surface area contributed by atoms with E-state index in [1.54, 1.807) is 0 Å². The van der Waals surface area contributed by atoms with Crippen LogP contribution in [0.5, 0.6) is 0 Å². The molecule has 0 aromatic rings. The molecule has 124 valence electrons. The number of hydrogen-bond acceptors (Lipinski definition) is 2. The summed E-state index contributed by atoms with van der Waals surface area (Å²) in [6.45, 7) is 2.28. The van der Waals surface area contributed by atoms with Crippen LogP contribution in [0.1, 0.15) is 96.8 Å². The van der Waals surface area contributed by atoms with Crippen molar-refractivity contribution < 1.29 is 5.11 Å². The molecule has 0 radical (unpaired) electrons. The fourth-order valence-corrected chi connectivity index (χ4v) is 4.51. The van der Waals surface area contributed by atoms with Crippen LogP contribution in [0.15, 0.2) is 0 Å². The molecule has 2 heterocycles. The average Bonchev–Trinajstić information content (AvgIpc) is 2.69. The molecule has 0 amide bonds. The molecule has 2 nitrogen and oxygen atoms in total. The third-order valence-corrected chi connectivity index (χ3v) is 5.96. The first-order valence-electron chi connectivity index (χ1n) is 9.59. The van der Waals surface area contributed by atoms with Crippen molar-refractivity contribution in [1.82, 2.24) is 4.90 Å². The van der Waals surface area contributed by atoms with Crippen LogP contribution in [-0.4, -0.2) is 34.7 Å². The van der Waals surface area contributed by atoms with Gasteiger partial charge in [0.05, 0.1) is 5.60 Å². The SMILES string of the molecule is CCCCCCCCCCCC1(O)CC2CCC(C1)N2C. The highest BCUT2D eigenvalue weighted by Crippen LogP contribution is 2.41. The van der Waals surface area contributed by atoms with E-state index in [2.05, 4.69) is 18.9 Å². The van der Waals surface area contributed by atoms with Crippen molar-refractivity contribution in [3.63, 3.8) is 0 Å². The molecule has 0 saturated carbocycles. The minimum Gasteiger partial charge on any atom is -0.390 e. The van der Waals surface area contributed by atoms with E-state index >= 15 is 0 Å². The van der Waals surface area contributed by atoms with Crippen LogP contribution >= 0.6 is 0 Å². The molecule has 2 rings (SSSR count). The van der Waals surface area contributed by atoms with Crippen LogP contribution in [0.25, 0.3) is 0 Å². The Balaban J connectivity index is 1.51. The largest absolute Gasteiger partial charge is 0.390 e. The second-order valence-electron chi connectivity index (χ2n) is 7.76. The fraction of sp³-hybridized carbons (Fsp3) is 1.00. The molecule has 2 heteroatoms. The normalized spacial score (nSPS) is 32.7. The number of aliphatic hydroxyl groups is 1. The minimum atomic E-state index is -0.334. The maximum absolute atomic E-state index is 10.8. The van der Waals surface area contributed by atoms with Gasteiger partial charge in [0.15, 0.2) is 0 Å². The number of unbranched alkanes of at least 4 members (excludes halogenated alkanes) is 8. The van der Waals surface area contributed by atoms with Crippen molar-refractivity contribution in [1.29, 1.82) is 0 Å². The second-order valence-corrected chi connectivity index (χ2v) is 7.76. The highest BCUT2D eigenvalue weighted by Gasteiger charge is 2.45. The summed E-state index contributed by atoms with van der Waals surface area (Å²) in [5.74, 6) is 0. The van der Waals surface area contributed by atoms with E-state index in [4.69, 9.17) is 0 Å². The van der Waals surface area contributed by atoms with Crippen molar-refractivity contribution >= 4 is 0 Å². The van der Waals surface area contributed by atoms with E-state index in [9.17, 15) is 5.11 Å². The highest BCUT2D eigenvalue weighted by atomic mass is 16.3. The molecule has 0 aromatic carbocycles. The van der Waals surface area contributed by atoms with E-state index in [1.165, 1.54) is 70.6 Å². The molecule has 0 aliphatic carbocycles. The van der Waals surface area contributed by atoms with Gasteiger partial charge in [-0.25, -0.2) is 0 Å². The number of nitrogens with zero attached hydrogens (tertiary/aromatic N) is 1. The summed E-state index contributed by atoms with van der Waals surface area (Å²) in [5, 5.41) is 10.8. The van der Waals surface area contributed by atoms with Gasteiger partial charge in [0, 0.05) is 12.1 Å². The van der Waals surface area contributed by atoms with Gasteiger partial charge < -0.3 is 10.0 Å². The van der Waals surface area contributed by atoms with Crippen molar-refractivity contribution in [2.45, 2.75) is 114 Å². The van der Waals surface area contributed by atoms with Gasteiger partial charge in [0.25, 0.3) is 0 Å². The van der Waals surface area contributed by atoms with E-state index in [-0.39, 0.29) is 5.60 Å². The van der Waals surface area contributed by atoms with E-state index in [0.717, 1.165) is 19.3 Å². The highest BCUT2D eigenvalue weighted by molar-refractivity contribution is 5.00. The van der Waals surface area contributed by atoms with Crippen molar-refractivity contribution in [2.24, 2.45) is 0 Å². The molecule has 2 bridgehead atoms. The molecule has 2 aliphatic rings. The number of fused-ring (bicyclic) bond motifs is 2. The van der Waals surface area contributed by atoms with Crippen molar-refractivity contribution in [3.8, 4) is 0 Å². The number of rotatable bonds is 10. The molecule has 1 N–H and O–H groups in total. The summed E-state index contributed by atoms with van der Waals surface area (Å²) in [4.78, 5) is 2.52. The molecule has 2 aliphatic heterocycles. The first-order valence-corrected chi connectivity index (χ1v) is 9.59. The third kappa shape index (κ3) is 5.25. The second kappa shape index (κ2) is 8.53. The summed E-state index contributed by atoms with van der Waals surface area (Å²) in [6.07, 6.45) is 18.0. The Bertz CT molecular complexity index is 277. The smallest absolute Gasteiger partial charge is 0.0677 e. The van der Waals surface area contributed by atoms with Crippen LogP contribution in [0.4, 0.5) is 0 Å². The first-order chi connectivity index (χ1) is 10.1. The topological polar surface area (TPSA) is 23.5 Å². The maximum atomic E-state index is 10.8. The Morgan fingerprint density at radius 3 is 1.86 bits per heavy atom. The maximum Gasteiger partial charge on any atom is 0.0677 e. The van der Waals surface area contributed by atoms with E-state index < -0.39 is 0 Å². The molecule has 2 atom stereocenters. The Kier molecular flexibility index (Phi) is 7.01. The lowest BCUT2D eigenvalue weighted by Crippen LogP contribution is -2.49. The number of piperidine rings is 1. The summed E-state index contributed by atoms with van der Waals surface area (Å²) in [7, 11) is 2.25. The Morgan fingerprint density at radius 2 is 1.33 bits per heavy atom. The Hall–Kier alpha value is -0.0800. The van der Waals surface area contributed by atoms with Gasteiger partial charge in [-0.1, -0.05) is 64.7 Å². The van der Waals surface area contributed by atoms with Crippen LogP contribution in [0.3, 0.4) is 0 Å². The predicted molar refractivity (Wildman–Crippen MR) is 90.6 cm³/mol. The summed E-state index contributed by atoms with van der Waals surface area (Å²) in [5.41, 5.74) is -0.334. The predicted octanol–water partition coefficient (Wildman–Crippen LogP) is 4.90. The molecular formula is C19H37NO. The Morgan fingerprint density at radius 1 is 0.857 bits per heavy atom.